The van der Waals surface area contributed by atoms with E-state index in [4.69, 9.17) is 0 Å². The summed E-state index contributed by atoms with van der Waals surface area (Å²) in [7, 11) is -2.79. The van der Waals surface area contributed by atoms with Crippen molar-refractivity contribution in [2.75, 3.05) is 0 Å². The molecule has 3 nitrogen and oxygen atoms in total. The highest BCUT2D eigenvalue weighted by Gasteiger charge is 2.08. The van der Waals surface area contributed by atoms with Crippen LogP contribution in [0.2, 0.25) is 0 Å². The van der Waals surface area contributed by atoms with Crippen LogP contribution in [-0.2, 0) is 21.8 Å². The van der Waals surface area contributed by atoms with Crippen LogP contribution < -0.4 is 0 Å². The first-order valence-electron chi connectivity index (χ1n) is 3.74. The third-order valence-electron chi connectivity index (χ3n) is 1.62. The fraction of sp³-hybridized carbons (Fsp3) is 0.250. The SMILES string of the molecule is O=[SH](=O)OCc1ccccc1C(Br)Br. The van der Waals surface area contributed by atoms with Crippen LogP contribution in [0.5, 0.6) is 0 Å². The highest BCUT2D eigenvalue weighted by molar-refractivity contribution is 9.24. The summed E-state index contributed by atoms with van der Waals surface area (Å²) in [6.07, 6.45) is 0. The van der Waals surface area contributed by atoms with E-state index in [1.165, 1.54) is 0 Å². The average Bonchev–Trinajstić information content (AvgIpc) is 2.15. The van der Waals surface area contributed by atoms with Crippen LogP contribution in [0, 0.1) is 0 Å². The summed E-state index contributed by atoms with van der Waals surface area (Å²) in [6.45, 7) is 0.0720. The Bertz CT molecular complexity index is 369. The number of hydrogen-bond acceptors (Lipinski definition) is 3. The van der Waals surface area contributed by atoms with Crippen molar-refractivity contribution in [1.29, 1.82) is 0 Å². The molecule has 0 atom stereocenters. The molecule has 0 aromatic heterocycles. The lowest BCUT2D eigenvalue weighted by Crippen LogP contribution is -1.96. The van der Waals surface area contributed by atoms with Gasteiger partial charge in [-0.3, -0.25) is 4.18 Å². The number of halogens is 2. The Labute approximate surface area is 101 Å². The van der Waals surface area contributed by atoms with Crippen molar-refractivity contribution >= 4 is 42.8 Å². The largest absolute Gasteiger partial charge is 0.267 e. The molecule has 14 heavy (non-hydrogen) atoms. The van der Waals surface area contributed by atoms with Crippen LogP contribution in [-0.4, -0.2) is 8.42 Å². The first kappa shape index (κ1) is 12.2. The van der Waals surface area contributed by atoms with E-state index < -0.39 is 11.0 Å². The van der Waals surface area contributed by atoms with Crippen LogP contribution >= 0.6 is 31.9 Å². The lowest BCUT2D eigenvalue weighted by atomic mass is 10.1. The second-order valence-electron chi connectivity index (χ2n) is 2.50. The average molecular weight is 344 g/mol. The quantitative estimate of drug-likeness (QED) is 0.674. The summed E-state index contributed by atoms with van der Waals surface area (Å²) in [5, 5.41) is 0. The van der Waals surface area contributed by atoms with Crippen LogP contribution in [0.1, 0.15) is 14.9 Å². The molecule has 0 aliphatic heterocycles. The Kier molecular flexibility index (Phi) is 5.08. The number of hydrogen-bond donors (Lipinski definition) is 1. The molecule has 1 aromatic carbocycles. The monoisotopic (exact) mass is 342 g/mol. The maximum Gasteiger partial charge on any atom is 0.257 e. The van der Waals surface area contributed by atoms with Crippen LogP contribution in [0.15, 0.2) is 24.3 Å². The Hall–Kier alpha value is 0.0900. The fourth-order valence-electron chi connectivity index (χ4n) is 1.00. The van der Waals surface area contributed by atoms with E-state index in [0.717, 1.165) is 11.1 Å². The van der Waals surface area contributed by atoms with Gasteiger partial charge in [0.2, 0.25) is 0 Å². The van der Waals surface area contributed by atoms with Crippen molar-refractivity contribution in [1.82, 2.24) is 0 Å². The molecule has 6 heteroatoms. The van der Waals surface area contributed by atoms with Gasteiger partial charge in [-0.25, -0.2) is 8.42 Å². The van der Waals surface area contributed by atoms with Crippen molar-refractivity contribution in [3.63, 3.8) is 0 Å². The van der Waals surface area contributed by atoms with Gasteiger partial charge in [-0.05, 0) is 11.1 Å². The lowest BCUT2D eigenvalue weighted by molar-refractivity contribution is 0.322. The summed E-state index contributed by atoms with van der Waals surface area (Å²) in [5.74, 6) is 0. The van der Waals surface area contributed by atoms with Crippen LogP contribution in [0.4, 0.5) is 0 Å². The van der Waals surface area contributed by atoms with E-state index in [2.05, 4.69) is 36.0 Å². The third kappa shape index (κ3) is 3.68. The zero-order valence-electron chi connectivity index (χ0n) is 7.02. The highest BCUT2D eigenvalue weighted by Crippen LogP contribution is 2.31. The molecule has 0 amide bonds. The van der Waals surface area contributed by atoms with Crippen molar-refractivity contribution in [3.05, 3.63) is 35.4 Å². The number of rotatable bonds is 4. The summed E-state index contributed by atoms with van der Waals surface area (Å²) in [6, 6.07) is 7.43. The minimum Gasteiger partial charge on any atom is -0.267 e. The van der Waals surface area contributed by atoms with Crippen molar-refractivity contribution in [2.24, 2.45) is 0 Å². The smallest absolute Gasteiger partial charge is 0.257 e. The predicted octanol–water partition coefficient (Wildman–Crippen LogP) is 2.52. The van der Waals surface area contributed by atoms with E-state index >= 15 is 0 Å². The molecule has 78 valence electrons. The summed E-state index contributed by atoms with van der Waals surface area (Å²) < 4.78 is 25.0. The van der Waals surface area contributed by atoms with E-state index in [9.17, 15) is 8.42 Å². The van der Waals surface area contributed by atoms with Gasteiger partial charge in [0.15, 0.2) is 0 Å². The molecule has 0 unspecified atom stereocenters. The van der Waals surface area contributed by atoms with Crippen LogP contribution in [0.3, 0.4) is 0 Å². The summed E-state index contributed by atoms with van der Waals surface area (Å²) in [4.78, 5) is 0. The van der Waals surface area contributed by atoms with Crippen molar-refractivity contribution in [2.45, 2.75) is 10.3 Å². The van der Waals surface area contributed by atoms with E-state index in [0.29, 0.717) is 0 Å². The number of alkyl halides is 2. The Morgan fingerprint density at radius 1 is 1.29 bits per heavy atom. The first-order chi connectivity index (χ1) is 6.61. The Balaban J connectivity index is 2.84. The number of benzene rings is 1. The first-order valence-corrected chi connectivity index (χ1v) is 6.67. The third-order valence-corrected chi connectivity index (χ3v) is 2.94. The molecule has 0 spiro atoms. The molecule has 1 aromatic rings. The van der Waals surface area contributed by atoms with Crippen molar-refractivity contribution < 1.29 is 12.6 Å². The van der Waals surface area contributed by atoms with Gasteiger partial charge in [0.25, 0.3) is 11.0 Å². The van der Waals surface area contributed by atoms with Gasteiger partial charge in [0.05, 0.1) is 10.3 Å². The van der Waals surface area contributed by atoms with E-state index in [-0.39, 0.29) is 10.3 Å². The number of thiol groups is 1. The van der Waals surface area contributed by atoms with Crippen LogP contribution in [0.25, 0.3) is 0 Å². The zero-order chi connectivity index (χ0) is 10.6. The van der Waals surface area contributed by atoms with E-state index in [1.54, 1.807) is 0 Å². The Morgan fingerprint density at radius 3 is 2.50 bits per heavy atom. The van der Waals surface area contributed by atoms with Gasteiger partial charge in [-0.1, -0.05) is 56.1 Å². The fourth-order valence-corrected chi connectivity index (χ4v) is 2.14. The molecule has 0 fully saturated rings. The summed E-state index contributed by atoms with van der Waals surface area (Å²) >= 11 is 6.70. The molecule has 0 saturated heterocycles. The topological polar surface area (TPSA) is 43.4 Å². The normalized spacial score (nSPS) is 11.1. The standard InChI is InChI=1S/C8H8Br2O3S/c9-8(10)7-4-2-1-3-6(7)5-13-14(11)12/h1-4,8,14H,5H2. The van der Waals surface area contributed by atoms with Gasteiger partial charge in [-0.15, -0.1) is 0 Å². The maximum atomic E-state index is 10.2. The molecule has 1 rings (SSSR count). The minimum atomic E-state index is -2.79. The molecule has 0 heterocycles. The molecule has 0 saturated carbocycles. The molecule has 0 aliphatic rings. The summed E-state index contributed by atoms with van der Waals surface area (Å²) in [5.41, 5.74) is 1.80. The molecule has 0 N–H and O–H groups in total. The molecular weight excluding hydrogens is 336 g/mol. The van der Waals surface area contributed by atoms with Gasteiger partial charge >= 0.3 is 0 Å². The second-order valence-corrected chi connectivity index (χ2v) is 6.26. The molecular formula is C8H8Br2O3S. The van der Waals surface area contributed by atoms with Gasteiger partial charge in [0, 0.05) is 0 Å². The maximum absolute atomic E-state index is 10.2. The van der Waals surface area contributed by atoms with Crippen molar-refractivity contribution in [3.8, 4) is 0 Å². The molecule has 0 radical (unpaired) electrons. The lowest BCUT2D eigenvalue weighted by Gasteiger charge is -2.08. The minimum absolute atomic E-state index is 0.000619. The highest BCUT2D eigenvalue weighted by atomic mass is 79.9. The van der Waals surface area contributed by atoms with Gasteiger partial charge in [0.1, 0.15) is 0 Å². The Morgan fingerprint density at radius 2 is 1.93 bits per heavy atom. The van der Waals surface area contributed by atoms with Gasteiger partial charge in [-0.2, -0.15) is 0 Å². The molecule has 0 bridgehead atoms. The van der Waals surface area contributed by atoms with Gasteiger partial charge < -0.3 is 0 Å². The molecule has 0 aliphatic carbocycles. The van der Waals surface area contributed by atoms with E-state index in [1.807, 2.05) is 24.3 Å². The zero-order valence-corrected chi connectivity index (χ0v) is 11.1. The predicted molar refractivity (Wildman–Crippen MR) is 62.1 cm³/mol. The second kappa shape index (κ2) is 5.85.